The smallest absolute Gasteiger partial charge is 1.00 e. The van der Waals surface area contributed by atoms with Gasteiger partial charge in [-0.1, -0.05) is 56.3 Å². The first-order valence-electron chi connectivity index (χ1n) is 20.3. The number of carbonyl (C=O) groups excluding carboxylic acids is 1. The summed E-state index contributed by atoms with van der Waals surface area (Å²) in [7, 11) is -3.04. The van der Waals surface area contributed by atoms with Crippen molar-refractivity contribution in [2.45, 2.75) is 147 Å². The fraction of sp³-hybridized carbons (Fsp3) is 0.630. The molecule has 19 nitrogen and oxygen atoms in total. The number of rotatable bonds is 16. The molecule has 0 saturated carbocycles. The van der Waals surface area contributed by atoms with Crippen molar-refractivity contribution in [3.8, 4) is 24.3 Å². The van der Waals surface area contributed by atoms with Crippen LogP contribution in [0.5, 0.6) is 0 Å². The minimum absolute atomic E-state index is 0. The van der Waals surface area contributed by atoms with Crippen LogP contribution in [-0.2, 0) is 33.0 Å². The number of carbonyl (C=O) groups is 1. The van der Waals surface area contributed by atoms with Crippen molar-refractivity contribution in [3.63, 3.8) is 0 Å². The molecular formula is C46H82ClN6Na6O13P-2. The van der Waals surface area contributed by atoms with Gasteiger partial charge in [-0.15, -0.1) is 0 Å². The summed E-state index contributed by atoms with van der Waals surface area (Å²) in [5.41, 5.74) is -4.32. The molecule has 27 heteroatoms. The number of ketones is 1. The first-order valence-corrected chi connectivity index (χ1v) is 21.4. The molecule has 73 heavy (non-hydrogen) atoms. The first kappa shape index (κ1) is 117. The van der Waals surface area contributed by atoms with Crippen molar-refractivity contribution in [3.05, 3.63) is 72.3 Å². The molecule has 7 unspecified atom stereocenters. The normalized spacial score (nSPS) is 12.4. The van der Waals surface area contributed by atoms with E-state index >= 15 is 0 Å². The largest absolute Gasteiger partial charge is 1.00 e. The van der Waals surface area contributed by atoms with Crippen LogP contribution >= 0.6 is 8.25 Å². The molecule has 0 aromatic carbocycles. The van der Waals surface area contributed by atoms with Gasteiger partial charge < -0.3 is 71.8 Å². The molecule has 7 atom stereocenters. The first-order chi connectivity index (χ1) is 30.4. The van der Waals surface area contributed by atoms with E-state index in [0.29, 0.717) is 32.8 Å². The molecule has 0 saturated heterocycles. The average molecular weight is 1130 g/mol. The van der Waals surface area contributed by atoms with Crippen LogP contribution in [-0.4, -0.2) is 81.8 Å². The molecule has 0 aliphatic rings. The second-order valence-corrected chi connectivity index (χ2v) is 14.2. The zero-order valence-electron chi connectivity index (χ0n) is 51.5. The van der Waals surface area contributed by atoms with Crippen molar-refractivity contribution in [2.75, 3.05) is 26.4 Å². The zero-order valence-corrected chi connectivity index (χ0v) is 62.1. The Morgan fingerprint density at radius 2 is 0.877 bits per heavy atom. The molecule has 0 fully saturated rings. The van der Waals surface area contributed by atoms with Crippen molar-refractivity contribution in [2.24, 2.45) is 17.8 Å². The van der Waals surface area contributed by atoms with E-state index in [1.54, 1.807) is 74.1 Å². The third-order valence-electron chi connectivity index (χ3n) is 6.22. The molecule has 0 aliphatic heterocycles. The maximum Gasteiger partial charge on any atom is 1.00 e. The third kappa shape index (κ3) is 131. The van der Waals surface area contributed by atoms with Gasteiger partial charge in [-0.25, -0.2) is 5.26 Å². The quantitative estimate of drug-likeness (QED) is 0.0246. The fourth-order valence-electron chi connectivity index (χ4n) is 1.90. The topological polar surface area (TPSA) is 350 Å². The van der Waals surface area contributed by atoms with E-state index in [2.05, 4.69) is 4.67 Å². The van der Waals surface area contributed by atoms with Crippen LogP contribution in [0, 0.1) is 63.1 Å². The van der Waals surface area contributed by atoms with E-state index < -0.39 is 48.4 Å². The van der Waals surface area contributed by atoms with Crippen molar-refractivity contribution in [1.29, 1.82) is 21.0 Å². The Hall–Kier alpha value is 0.800. The standard InChI is InChI=1S/C9H15NO2.2C9H14NO2.C6H10O2.C4H10O.C3H5N.2C3H4N.ClH.6Na.HO4P.H2.3H/c3*1-4-12-6-5-9(3,11)8(2)7-10;1-3-8-5-4-6(2)7;1-4(2,3)5;3*1-2-3-4;;;;;;;;1-4-5(2)3;;;;/h5-6,8,11H,4H2,1-3H3;2*5-6,8H,4H2,1-3H3;4-5H,3H2,1-2H3;5H,1-3H3;2H2,1H3;2*2H,1H3;1H;;;;;;;1H;1H;;;/q;2*-1;;;;2*-1;;6*+1;;;3*-1/p-1/b3*6-5+;5-4+;;;;;;;;;;;;;;;;. The Morgan fingerprint density at radius 3 is 1.04 bits per heavy atom. The second-order valence-electron chi connectivity index (χ2n) is 13.6. The molecule has 0 radical (unpaired) electrons. The van der Waals surface area contributed by atoms with Gasteiger partial charge in [-0.05, 0) is 108 Å². The van der Waals surface area contributed by atoms with Crippen molar-refractivity contribution in [1.82, 2.24) is 0 Å². The van der Waals surface area contributed by atoms with Gasteiger partial charge in [-0.3, -0.25) is 16.5 Å². The van der Waals surface area contributed by atoms with Crippen LogP contribution in [0.15, 0.2) is 61.5 Å². The van der Waals surface area contributed by atoms with E-state index in [9.17, 15) is 20.1 Å². The van der Waals surface area contributed by atoms with Crippen molar-refractivity contribution < 1.29 is 259 Å². The van der Waals surface area contributed by atoms with Crippen LogP contribution in [0.25, 0.3) is 10.8 Å². The van der Waals surface area contributed by atoms with E-state index in [1.165, 1.54) is 82.3 Å². The van der Waals surface area contributed by atoms with Crippen LogP contribution in [0.1, 0.15) is 130 Å². The SMILES string of the molecule is CC(C)(C)O.CC=C=[N-].CC=C=[N-].CCC#N.CCO/C=C/C(C)(O)C(C)C#N.CCO/C=C/C(C)([O-])C(C)C#N.CCO/C=C/C(C)([O-])C(C)C#N.CCO/C=C/C(C)=O.O=[P+]([O-])OO.[Cl-].[H-].[H-].[H-].[HH].[Na+].[Na+].[Na+].[Na+].[Na+].[Na+]. The molecule has 0 amide bonds. The Kier molecular flexibility index (Phi) is 139. The average Bonchev–Trinajstić information content (AvgIpc) is 3.26. The van der Waals surface area contributed by atoms with Gasteiger partial charge in [0.25, 0.3) is 0 Å². The van der Waals surface area contributed by atoms with Gasteiger partial charge in [-0.2, -0.15) is 21.0 Å². The number of nitriles is 4. The molecule has 0 rings (SSSR count). The monoisotopic (exact) mass is 1130 g/mol. The molecule has 0 spiro atoms. The summed E-state index contributed by atoms with van der Waals surface area (Å²) in [6.45, 7) is 30.9. The van der Waals surface area contributed by atoms with Gasteiger partial charge in [0.15, 0.2) is 5.78 Å². The second kappa shape index (κ2) is 86.7. The predicted molar refractivity (Wildman–Crippen MR) is 257 cm³/mol. The number of allylic oxidation sites excluding steroid dienone is 3. The van der Waals surface area contributed by atoms with Gasteiger partial charge >= 0.3 is 186 Å². The Labute approximate surface area is 585 Å². The Balaban J connectivity index is -0.0000000267. The minimum atomic E-state index is -3.04. The predicted octanol–water partition coefficient (Wildman–Crippen LogP) is -13.4. The zero-order chi connectivity index (χ0) is 54.3. The van der Waals surface area contributed by atoms with E-state index in [0.717, 1.165) is 0 Å². The summed E-state index contributed by atoms with van der Waals surface area (Å²) in [6.07, 6.45) is 14.7. The van der Waals surface area contributed by atoms with E-state index in [4.69, 9.17) is 70.6 Å². The molecule has 394 valence electrons. The molecule has 0 heterocycles. The van der Waals surface area contributed by atoms with Crippen molar-refractivity contribution >= 4 is 25.8 Å². The van der Waals surface area contributed by atoms with E-state index in [1.807, 2.05) is 58.9 Å². The molecule has 0 bridgehead atoms. The molecule has 3 N–H and O–H groups in total. The number of ether oxygens (including phenoxy) is 4. The van der Waals surface area contributed by atoms with Crippen LogP contribution in [0.3, 0.4) is 0 Å². The van der Waals surface area contributed by atoms with Gasteiger partial charge in [0.2, 0.25) is 0 Å². The maximum atomic E-state index is 11.5. The maximum absolute atomic E-state index is 11.5. The number of hydrogen-bond donors (Lipinski definition) is 3. The summed E-state index contributed by atoms with van der Waals surface area (Å²) in [4.78, 5) is 19.1. The summed E-state index contributed by atoms with van der Waals surface area (Å²) in [5.74, 6) is 2.09. The van der Waals surface area contributed by atoms with E-state index in [-0.39, 0.29) is 201 Å². The van der Waals surface area contributed by atoms with Gasteiger partial charge in [0.1, 0.15) is 0 Å². The number of hydrogen-bond acceptors (Lipinski definition) is 17. The fourth-order valence-corrected chi connectivity index (χ4v) is 1.90. The minimum Gasteiger partial charge on any atom is -1.00 e. The summed E-state index contributed by atoms with van der Waals surface area (Å²) in [6, 6.07) is 7.73. The van der Waals surface area contributed by atoms with Crippen LogP contribution in [0.2, 0.25) is 0 Å². The molecule has 0 aromatic heterocycles. The van der Waals surface area contributed by atoms with Gasteiger partial charge in [0.05, 0.1) is 92.9 Å². The van der Waals surface area contributed by atoms with Crippen LogP contribution in [0.4, 0.5) is 0 Å². The number of aliphatic hydroxyl groups is 2. The number of halogens is 1. The summed E-state index contributed by atoms with van der Waals surface area (Å²) < 4.78 is 31.0. The molecule has 0 aromatic rings. The van der Waals surface area contributed by atoms with Gasteiger partial charge in [0, 0.05) is 30.4 Å². The third-order valence-corrected chi connectivity index (χ3v) is 6.35. The van der Waals surface area contributed by atoms with Crippen LogP contribution < -0.4 is 205 Å². The Bertz CT molecular complexity index is 1490. The number of nitrogens with zero attached hydrogens (tertiary/aromatic N) is 6. The summed E-state index contributed by atoms with van der Waals surface area (Å²) >= 11 is 0. The summed E-state index contributed by atoms with van der Waals surface area (Å²) in [5, 5.41) is 96.5. The molecular weight excluding hydrogens is 1050 g/mol. The Morgan fingerprint density at radius 1 is 0.658 bits per heavy atom. The molecule has 0 aliphatic carbocycles.